The van der Waals surface area contributed by atoms with Crippen molar-refractivity contribution in [3.63, 3.8) is 0 Å². The third-order valence-electron chi connectivity index (χ3n) is 11.4. The number of aliphatic hydroxyl groups is 1. The highest BCUT2D eigenvalue weighted by atomic mass is 16.5. The van der Waals surface area contributed by atoms with Crippen LogP contribution < -0.4 is 0 Å². The second-order valence-corrected chi connectivity index (χ2v) is 14.0. The van der Waals surface area contributed by atoms with Crippen LogP contribution in [0.1, 0.15) is 103 Å². The summed E-state index contributed by atoms with van der Waals surface area (Å²) >= 11 is 0. The summed E-state index contributed by atoms with van der Waals surface area (Å²) in [6.07, 6.45) is 10.1. The van der Waals surface area contributed by atoms with Crippen LogP contribution in [0.3, 0.4) is 0 Å². The van der Waals surface area contributed by atoms with Crippen molar-refractivity contribution in [1.82, 2.24) is 0 Å². The smallest absolute Gasteiger partial charge is 0.338 e. The van der Waals surface area contributed by atoms with E-state index in [1.54, 1.807) is 12.1 Å². The molecule has 1 aromatic rings. The van der Waals surface area contributed by atoms with E-state index in [0.29, 0.717) is 36.2 Å². The molecule has 1 N–H and O–H groups in total. The molecule has 4 nitrogen and oxygen atoms in total. The molecule has 4 aliphatic carbocycles. The first-order valence-electron chi connectivity index (χ1n) is 15.2. The average molecular weight is 521 g/mol. The molecule has 0 bridgehead atoms. The molecule has 4 aliphatic rings. The van der Waals surface area contributed by atoms with Gasteiger partial charge in [0, 0.05) is 17.8 Å². The lowest BCUT2D eigenvalue weighted by Crippen LogP contribution is -2.58. The van der Waals surface area contributed by atoms with E-state index in [9.17, 15) is 14.7 Å². The molecule has 0 amide bonds. The number of carbonyl (C=O) groups is 2. The van der Waals surface area contributed by atoms with Gasteiger partial charge in [0.25, 0.3) is 0 Å². The SMILES string of the molecule is CC(C)CCC[C@@H](C)[C@H]1CC[C@H]2[C@@H]3C(=O)C=C4C[C@H](O)CC(OC(=O)c5ccccc5)[C@]4(C)[C@H]3CC[C@]12C. The van der Waals surface area contributed by atoms with E-state index in [0.717, 1.165) is 30.8 Å². The highest BCUT2D eigenvalue weighted by Gasteiger charge is 2.63. The highest BCUT2D eigenvalue weighted by Crippen LogP contribution is 2.67. The van der Waals surface area contributed by atoms with Gasteiger partial charge in [-0.2, -0.15) is 0 Å². The number of hydrogen-bond donors (Lipinski definition) is 1. The molecule has 3 saturated carbocycles. The first-order valence-corrected chi connectivity index (χ1v) is 15.2. The van der Waals surface area contributed by atoms with E-state index in [1.807, 2.05) is 24.3 Å². The van der Waals surface area contributed by atoms with Crippen molar-refractivity contribution in [2.75, 3.05) is 0 Å². The van der Waals surface area contributed by atoms with Crippen molar-refractivity contribution in [2.45, 2.75) is 105 Å². The lowest BCUT2D eigenvalue weighted by Gasteiger charge is -2.59. The Bertz CT molecular complexity index is 1060. The maximum absolute atomic E-state index is 13.8. The van der Waals surface area contributed by atoms with Crippen LogP contribution in [0.2, 0.25) is 0 Å². The topological polar surface area (TPSA) is 63.6 Å². The summed E-state index contributed by atoms with van der Waals surface area (Å²) < 4.78 is 6.21. The Balaban J connectivity index is 1.41. The first kappa shape index (κ1) is 27.6. The standard InChI is InChI=1S/C34H48O4/c1-21(2)10-9-11-22(3)26-14-15-27-31-28(16-17-33(26,27)4)34(5)24(19-29(31)36)18-25(35)20-30(34)38-32(37)23-12-7-6-8-13-23/h6-8,12-13,19,21-22,25-28,30-31,35H,9-11,14-18,20H2,1-5H3/t22-,25+,26-,27+,28+,30?,31+,33-,34+/m1/s1. The van der Waals surface area contributed by atoms with E-state index >= 15 is 0 Å². The van der Waals surface area contributed by atoms with Gasteiger partial charge in [-0.25, -0.2) is 4.79 Å². The van der Waals surface area contributed by atoms with Crippen LogP contribution >= 0.6 is 0 Å². The Labute approximate surface area is 229 Å². The molecule has 9 atom stereocenters. The van der Waals surface area contributed by atoms with Crippen molar-refractivity contribution >= 4 is 11.8 Å². The summed E-state index contributed by atoms with van der Waals surface area (Å²) in [7, 11) is 0. The molecule has 3 fully saturated rings. The minimum atomic E-state index is -0.594. The quantitative estimate of drug-likeness (QED) is 0.380. The van der Waals surface area contributed by atoms with Crippen molar-refractivity contribution < 1.29 is 19.4 Å². The number of rotatable bonds is 7. The molecule has 4 heteroatoms. The molecule has 208 valence electrons. The second kappa shape index (κ2) is 10.6. The van der Waals surface area contributed by atoms with Gasteiger partial charge in [-0.05, 0) is 85.3 Å². The summed E-state index contributed by atoms with van der Waals surface area (Å²) in [6.45, 7) is 11.8. The zero-order valence-corrected chi connectivity index (χ0v) is 24.1. The van der Waals surface area contributed by atoms with E-state index < -0.39 is 17.6 Å². The molecule has 0 saturated heterocycles. The second-order valence-electron chi connectivity index (χ2n) is 14.0. The van der Waals surface area contributed by atoms with Gasteiger partial charge in [0.05, 0.1) is 11.7 Å². The lowest BCUT2D eigenvalue weighted by molar-refractivity contribution is -0.144. The van der Waals surface area contributed by atoms with E-state index in [-0.39, 0.29) is 29.0 Å². The molecule has 1 aromatic carbocycles. The Kier molecular flexibility index (Phi) is 7.68. The van der Waals surface area contributed by atoms with Gasteiger partial charge in [-0.15, -0.1) is 0 Å². The van der Waals surface area contributed by atoms with E-state index in [2.05, 4.69) is 34.6 Å². The van der Waals surface area contributed by atoms with Gasteiger partial charge < -0.3 is 9.84 Å². The minimum absolute atomic E-state index is 0.0106. The molecule has 1 unspecified atom stereocenters. The number of fused-ring (bicyclic) bond motifs is 5. The summed E-state index contributed by atoms with van der Waals surface area (Å²) in [5.74, 6) is 2.57. The zero-order chi connectivity index (χ0) is 27.2. The number of benzene rings is 1. The Morgan fingerprint density at radius 2 is 1.79 bits per heavy atom. The molecule has 0 aromatic heterocycles. The van der Waals surface area contributed by atoms with Crippen LogP contribution in [0.4, 0.5) is 0 Å². The summed E-state index contributed by atoms with van der Waals surface area (Å²) in [5, 5.41) is 10.7. The number of allylic oxidation sites excluding steroid dienone is 1. The average Bonchev–Trinajstić information content (AvgIpc) is 3.23. The van der Waals surface area contributed by atoms with Crippen molar-refractivity contribution in [3.05, 3.63) is 47.5 Å². The van der Waals surface area contributed by atoms with Gasteiger partial charge in [-0.3, -0.25) is 4.79 Å². The number of ketones is 1. The van der Waals surface area contributed by atoms with Crippen molar-refractivity contribution in [1.29, 1.82) is 0 Å². The normalized spacial score (nSPS) is 39.1. The number of ether oxygens (including phenoxy) is 1. The predicted octanol–water partition coefficient (Wildman–Crippen LogP) is 7.40. The fourth-order valence-electron chi connectivity index (χ4n) is 9.39. The van der Waals surface area contributed by atoms with Crippen LogP contribution in [0.15, 0.2) is 42.0 Å². The van der Waals surface area contributed by atoms with Crippen molar-refractivity contribution in [3.8, 4) is 0 Å². The fourth-order valence-corrected chi connectivity index (χ4v) is 9.39. The monoisotopic (exact) mass is 520 g/mol. The van der Waals surface area contributed by atoms with Crippen LogP contribution in [0.5, 0.6) is 0 Å². The molecule has 0 radical (unpaired) electrons. The summed E-state index contributed by atoms with van der Waals surface area (Å²) in [4.78, 5) is 27.0. The van der Waals surface area contributed by atoms with Gasteiger partial charge in [0.2, 0.25) is 0 Å². The van der Waals surface area contributed by atoms with Crippen molar-refractivity contribution in [2.24, 2.45) is 46.3 Å². The van der Waals surface area contributed by atoms with Gasteiger partial charge in [0.1, 0.15) is 6.10 Å². The van der Waals surface area contributed by atoms with Gasteiger partial charge >= 0.3 is 5.97 Å². The Hall–Kier alpha value is -1.94. The largest absolute Gasteiger partial charge is 0.458 e. The Morgan fingerprint density at radius 1 is 1.05 bits per heavy atom. The predicted molar refractivity (Wildman–Crippen MR) is 150 cm³/mol. The maximum atomic E-state index is 13.8. The van der Waals surface area contributed by atoms with Gasteiger partial charge in [-0.1, -0.05) is 77.7 Å². The first-order chi connectivity index (χ1) is 18.1. The molecule has 5 rings (SSSR count). The zero-order valence-electron chi connectivity index (χ0n) is 24.1. The maximum Gasteiger partial charge on any atom is 0.338 e. The Morgan fingerprint density at radius 3 is 2.50 bits per heavy atom. The molecule has 0 aliphatic heterocycles. The minimum Gasteiger partial charge on any atom is -0.458 e. The molecule has 0 spiro atoms. The number of aliphatic hydroxyl groups excluding tert-OH is 1. The van der Waals surface area contributed by atoms with Crippen LogP contribution in [-0.2, 0) is 9.53 Å². The third-order valence-corrected chi connectivity index (χ3v) is 11.4. The number of hydrogen-bond acceptors (Lipinski definition) is 4. The molecular weight excluding hydrogens is 472 g/mol. The van der Waals surface area contributed by atoms with Crippen LogP contribution in [-0.4, -0.2) is 29.1 Å². The number of carbonyl (C=O) groups excluding carboxylic acids is 2. The van der Waals surface area contributed by atoms with E-state index in [1.165, 1.54) is 25.7 Å². The molecular formula is C34H48O4. The fraction of sp³-hybridized carbons (Fsp3) is 0.706. The highest BCUT2D eigenvalue weighted by molar-refractivity contribution is 5.95. The summed E-state index contributed by atoms with van der Waals surface area (Å²) in [6, 6.07) is 9.13. The third kappa shape index (κ3) is 4.69. The van der Waals surface area contributed by atoms with Gasteiger partial charge in [0.15, 0.2) is 5.78 Å². The molecule has 38 heavy (non-hydrogen) atoms. The van der Waals surface area contributed by atoms with Crippen LogP contribution in [0, 0.1) is 46.3 Å². The molecule has 0 heterocycles. The summed E-state index contributed by atoms with van der Waals surface area (Å²) in [5.41, 5.74) is 1.31. The van der Waals surface area contributed by atoms with E-state index in [4.69, 9.17) is 4.74 Å². The van der Waals surface area contributed by atoms with Crippen LogP contribution in [0.25, 0.3) is 0 Å². The number of esters is 1. The lowest BCUT2D eigenvalue weighted by atomic mass is 9.46.